The van der Waals surface area contributed by atoms with Gasteiger partial charge in [-0.1, -0.05) is 13.8 Å². The van der Waals surface area contributed by atoms with Crippen molar-refractivity contribution >= 4 is 0 Å². The molecule has 1 aliphatic carbocycles. The van der Waals surface area contributed by atoms with Crippen LogP contribution in [0, 0.1) is 5.92 Å². The number of rotatable bonds is 5. The van der Waals surface area contributed by atoms with E-state index in [0.29, 0.717) is 12.1 Å². The van der Waals surface area contributed by atoms with Crippen molar-refractivity contribution in [3.8, 4) is 0 Å². The Bertz CT molecular complexity index is 244. The molecule has 3 nitrogen and oxygen atoms in total. The molecule has 1 saturated heterocycles. The van der Waals surface area contributed by atoms with Crippen molar-refractivity contribution in [1.29, 1.82) is 0 Å². The molecular weight excluding hydrogens is 222 g/mol. The fourth-order valence-electron chi connectivity index (χ4n) is 3.24. The Hall–Kier alpha value is -0.120. The van der Waals surface area contributed by atoms with Gasteiger partial charge in [-0.25, -0.2) is 0 Å². The van der Waals surface area contributed by atoms with Gasteiger partial charge in [0.15, 0.2) is 0 Å². The number of nitrogens with one attached hydrogen (secondary N) is 1. The van der Waals surface area contributed by atoms with Gasteiger partial charge in [-0.3, -0.25) is 9.80 Å². The first-order valence-electron chi connectivity index (χ1n) is 7.79. The lowest BCUT2D eigenvalue weighted by Gasteiger charge is -2.48. The molecule has 3 heteroatoms. The third kappa shape index (κ3) is 3.46. The highest BCUT2D eigenvalue weighted by Gasteiger charge is 2.36. The molecule has 2 atom stereocenters. The van der Waals surface area contributed by atoms with Gasteiger partial charge >= 0.3 is 0 Å². The summed E-state index contributed by atoms with van der Waals surface area (Å²) in [6.45, 7) is 15.4. The Kier molecular flexibility index (Phi) is 5.05. The lowest BCUT2D eigenvalue weighted by atomic mass is 9.78. The van der Waals surface area contributed by atoms with Gasteiger partial charge in [0.1, 0.15) is 0 Å². The molecule has 0 bridgehead atoms. The Morgan fingerprint density at radius 2 is 1.67 bits per heavy atom. The third-order valence-electron chi connectivity index (χ3n) is 4.71. The van der Waals surface area contributed by atoms with Crippen LogP contribution < -0.4 is 5.32 Å². The van der Waals surface area contributed by atoms with E-state index in [2.05, 4.69) is 42.8 Å². The molecule has 0 amide bonds. The van der Waals surface area contributed by atoms with Gasteiger partial charge in [0.25, 0.3) is 0 Å². The van der Waals surface area contributed by atoms with Crippen molar-refractivity contribution in [2.75, 3.05) is 32.7 Å². The van der Waals surface area contributed by atoms with Crippen LogP contribution in [-0.4, -0.2) is 60.6 Å². The number of piperazine rings is 1. The molecule has 2 aliphatic rings. The smallest absolute Gasteiger partial charge is 0.0137 e. The summed E-state index contributed by atoms with van der Waals surface area (Å²) in [6, 6.07) is 2.21. The highest BCUT2D eigenvalue weighted by molar-refractivity contribution is 4.92. The quantitative estimate of drug-likeness (QED) is 0.806. The average Bonchev–Trinajstić information content (AvgIpc) is 2.28. The minimum absolute atomic E-state index is 0.629. The molecule has 0 spiro atoms. The summed E-state index contributed by atoms with van der Waals surface area (Å²) >= 11 is 0. The second-order valence-electron chi connectivity index (χ2n) is 6.63. The van der Waals surface area contributed by atoms with Crippen molar-refractivity contribution in [3.05, 3.63) is 0 Å². The normalized spacial score (nSPS) is 31.0. The molecule has 1 saturated carbocycles. The van der Waals surface area contributed by atoms with E-state index < -0.39 is 0 Å². The van der Waals surface area contributed by atoms with Crippen LogP contribution in [-0.2, 0) is 0 Å². The van der Waals surface area contributed by atoms with Crippen LogP contribution in [0.5, 0.6) is 0 Å². The first kappa shape index (κ1) is 14.3. The van der Waals surface area contributed by atoms with Gasteiger partial charge in [-0.2, -0.15) is 0 Å². The van der Waals surface area contributed by atoms with Crippen LogP contribution in [0.25, 0.3) is 0 Å². The molecule has 1 aliphatic heterocycles. The highest BCUT2D eigenvalue weighted by Crippen LogP contribution is 2.32. The monoisotopic (exact) mass is 253 g/mol. The maximum absolute atomic E-state index is 3.61. The van der Waals surface area contributed by atoms with E-state index in [4.69, 9.17) is 0 Å². The van der Waals surface area contributed by atoms with Gasteiger partial charge in [0.05, 0.1) is 0 Å². The summed E-state index contributed by atoms with van der Waals surface area (Å²) < 4.78 is 0. The molecule has 106 valence electrons. The molecule has 1 heterocycles. The van der Waals surface area contributed by atoms with E-state index in [0.717, 1.165) is 12.0 Å². The fourth-order valence-corrected chi connectivity index (χ4v) is 3.24. The fraction of sp³-hybridized carbons (Fsp3) is 1.00. The van der Waals surface area contributed by atoms with Crippen LogP contribution in [0.2, 0.25) is 0 Å². The maximum atomic E-state index is 3.61. The lowest BCUT2D eigenvalue weighted by molar-refractivity contribution is 0.0129. The number of hydrogen-bond donors (Lipinski definition) is 1. The number of hydrogen-bond acceptors (Lipinski definition) is 3. The summed E-state index contributed by atoms with van der Waals surface area (Å²) in [5.74, 6) is 0.901. The largest absolute Gasteiger partial charge is 0.314 e. The molecule has 0 aromatic heterocycles. The van der Waals surface area contributed by atoms with Gasteiger partial charge < -0.3 is 5.32 Å². The van der Waals surface area contributed by atoms with Crippen LogP contribution in [0.15, 0.2) is 0 Å². The van der Waals surface area contributed by atoms with Crippen LogP contribution in [0.4, 0.5) is 0 Å². The van der Waals surface area contributed by atoms with Crippen molar-refractivity contribution in [1.82, 2.24) is 15.1 Å². The molecule has 2 rings (SSSR count). The molecule has 1 N–H and O–H groups in total. The molecule has 2 fully saturated rings. The number of nitrogens with zero attached hydrogens (tertiary/aromatic N) is 2. The molecule has 0 radical (unpaired) electrons. The van der Waals surface area contributed by atoms with Gasteiger partial charge in [0, 0.05) is 44.3 Å². The van der Waals surface area contributed by atoms with Gasteiger partial charge in [0.2, 0.25) is 0 Å². The minimum atomic E-state index is 0.629. The van der Waals surface area contributed by atoms with E-state index >= 15 is 0 Å². The first-order valence-corrected chi connectivity index (χ1v) is 7.79. The van der Waals surface area contributed by atoms with E-state index in [1.165, 1.54) is 45.6 Å². The summed E-state index contributed by atoms with van der Waals surface area (Å²) in [5.41, 5.74) is 0. The standard InChI is InChI=1S/C15H31N3/c1-12(2)16-11-14-5-6-15(14)18-9-7-17(8-10-18)13(3)4/h12-16H,5-11H2,1-4H3. The van der Waals surface area contributed by atoms with Crippen LogP contribution in [0.1, 0.15) is 40.5 Å². The zero-order valence-electron chi connectivity index (χ0n) is 12.7. The predicted molar refractivity (Wildman–Crippen MR) is 77.9 cm³/mol. The van der Waals surface area contributed by atoms with Gasteiger partial charge in [-0.15, -0.1) is 0 Å². The summed E-state index contributed by atoms with van der Waals surface area (Å²) in [7, 11) is 0. The van der Waals surface area contributed by atoms with Crippen molar-refractivity contribution in [2.45, 2.75) is 58.7 Å². The summed E-state index contributed by atoms with van der Waals surface area (Å²) in [5, 5.41) is 3.61. The van der Waals surface area contributed by atoms with E-state index in [1.54, 1.807) is 0 Å². The zero-order chi connectivity index (χ0) is 13.1. The lowest BCUT2D eigenvalue weighted by Crippen LogP contribution is -2.58. The Morgan fingerprint density at radius 3 is 2.11 bits per heavy atom. The van der Waals surface area contributed by atoms with Crippen molar-refractivity contribution in [2.24, 2.45) is 5.92 Å². The van der Waals surface area contributed by atoms with Crippen LogP contribution in [0.3, 0.4) is 0 Å². The molecular formula is C15H31N3. The summed E-state index contributed by atoms with van der Waals surface area (Å²) in [4.78, 5) is 5.35. The Labute approximate surface area is 113 Å². The first-order chi connectivity index (χ1) is 8.58. The van der Waals surface area contributed by atoms with E-state index in [1.807, 2.05) is 0 Å². The highest BCUT2D eigenvalue weighted by atomic mass is 15.3. The topological polar surface area (TPSA) is 18.5 Å². The van der Waals surface area contributed by atoms with Crippen LogP contribution >= 0.6 is 0 Å². The Morgan fingerprint density at radius 1 is 1.00 bits per heavy atom. The second kappa shape index (κ2) is 6.36. The Balaban J connectivity index is 1.73. The molecule has 0 aromatic carbocycles. The minimum Gasteiger partial charge on any atom is -0.314 e. The zero-order valence-corrected chi connectivity index (χ0v) is 12.7. The average molecular weight is 253 g/mol. The predicted octanol–water partition coefficient (Wildman–Crippen LogP) is 1.79. The molecule has 0 aromatic rings. The second-order valence-corrected chi connectivity index (χ2v) is 6.63. The van der Waals surface area contributed by atoms with E-state index in [-0.39, 0.29) is 0 Å². The molecule has 18 heavy (non-hydrogen) atoms. The molecule has 2 unspecified atom stereocenters. The SMILES string of the molecule is CC(C)NCC1CCC1N1CCN(C(C)C)CC1. The van der Waals surface area contributed by atoms with Gasteiger partial charge in [-0.05, 0) is 39.2 Å². The maximum Gasteiger partial charge on any atom is 0.0137 e. The summed E-state index contributed by atoms with van der Waals surface area (Å²) in [6.07, 6.45) is 2.85. The third-order valence-corrected chi connectivity index (χ3v) is 4.71. The van der Waals surface area contributed by atoms with E-state index in [9.17, 15) is 0 Å². The van der Waals surface area contributed by atoms with Crippen molar-refractivity contribution < 1.29 is 0 Å². The van der Waals surface area contributed by atoms with Crippen molar-refractivity contribution in [3.63, 3.8) is 0 Å².